The van der Waals surface area contributed by atoms with E-state index in [9.17, 15) is 13.6 Å². The van der Waals surface area contributed by atoms with Gasteiger partial charge in [0.1, 0.15) is 22.7 Å². The monoisotopic (exact) mass is 364 g/mol. The second kappa shape index (κ2) is 6.36. The van der Waals surface area contributed by atoms with Crippen molar-refractivity contribution in [2.24, 2.45) is 0 Å². The average molecular weight is 364 g/mol. The Hall–Kier alpha value is -2.62. The van der Waals surface area contributed by atoms with Crippen LogP contribution in [0, 0.1) is 0 Å². The number of thiophene rings is 1. The molecule has 0 bridgehead atoms. The predicted octanol–water partition coefficient (Wildman–Crippen LogP) is 2.04. The first-order valence-corrected chi connectivity index (χ1v) is 8.57. The van der Waals surface area contributed by atoms with Crippen LogP contribution in [0.1, 0.15) is 12.1 Å². The fourth-order valence-electron chi connectivity index (χ4n) is 2.88. The van der Waals surface area contributed by atoms with E-state index in [0.717, 1.165) is 22.1 Å². The third-order valence-corrected chi connectivity index (χ3v) is 4.91. The highest BCUT2D eigenvalue weighted by Crippen LogP contribution is 2.27. The molecule has 0 atom stereocenters. The summed E-state index contributed by atoms with van der Waals surface area (Å²) in [5.74, 6) is 1.06. The molecule has 0 aliphatic carbocycles. The molecule has 4 rings (SSSR count). The van der Waals surface area contributed by atoms with E-state index in [4.69, 9.17) is 0 Å². The number of fused-ring (bicyclic) bond motifs is 1. The Balaban J connectivity index is 1.54. The Morgan fingerprint density at radius 3 is 2.68 bits per heavy atom. The Morgan fingerprint density at radius 1 is 1.16 bits per heavy atom. The summed E-state index contributed by atoms with van der Waals surface area (Å²) in [6, 6.07) is 2.82. The maximum absolute atomic E-state index is 12.8. The zero-order valence-electron chi connectivity index (χ0n) is 13.0. The van der Waals surface area contributed by atoms with Crippen LogP contribution in [0.25, 0.3) is 10.2 Å². The van der Waals surface area contributed by atoms with Crippen LogP contribution in [-0.2, 0) is 0 Å². The van der Waals surface area contributed by atoms with Crippen LogP contribution in [0.15, 0.2) is 28.6 Å². The standard InChI is InChI=1S/C15H14F2N6OS/c16-12(17)10-7-11(24)21-15(20-10)23-4-2-22(3-5-23)13-9-1-6-25-14(9)19-8-18-13/h1,6-8,12H,2-5H2,(H,20,21,24). The Morgan fingerprint density at radius 2 is 1.92 bits per heavy atom. The Kier molecular flexibility index (Phi) is 4.04. The minimum atomic E-state index is -2.77. The van der Waals surface area contributed by atoms with Crippen LogP contribution >= 0.6 is 11.3 Å². The Labute approximate surface area is 145 Å². The van der Waals surface area contributed by atoms with Gasteiger partial charge in [0.2, 0.25) is 5.95 Å². The van der Waals surface area contributed by atoms with Crippen LogP contribution in [0.3, 0.4) is 0 Å². The van der Waals surface area contributed by atoms with E-state index in [1.165, 1.54) is 0 Å². The molecule has 0 amide bonds. The highest BCUT2D eigenvalue weighted by atomic mass is 32.1. The summed E-state index contributed by atoms with van der Waals surface area (Å²) >= 11 is 1.56. The molecule has 1 aliphatic rings. The minimum Gasteiger partial charge on any atom is -0.352 e. The first-order valence-electron chi connectivity index (χ1n) is 7.69. The molecule has 0 spiro atoms. The number of nitrogens with zero attached hydrogens (tertiary/aromatic N) is 5. The highest BCUT2D eigenvalue weighted by molar-refractivity contribution is 7.16. The van der Waals surface area contributed by atoms with Crippen LogP contribution < -0.4 is 15.4 Å². The number of nitrogens with one attached hydrogen (secondary N) is 1. The highest BCUT2D eigenvalue weighted by Gasteiger charge is 2.22. The molecule has 1 fully saturated rings. The lowest BCUT2D eigenvalue weighted by molar-refractivity contribution is 0.146. The molecule has 1 N–H and O–H groups in total. The molecule has 0 radical (unpaired) electrons. The third kappa shape index (κ3) is 3.04. The van der Waals surface area contributed by atoms with Crippen molar-refractivity contribution >= 4 is 33.3 Å². The average Bonchev–Trinajstić information content (AvgIpc) is 3.10. The fraction of sp³-hybridized carbons (Fsp3) is 0.333. The third-order valence-electron chi connectivity index (χ3n) is 4.09. The van der Waals surface area contributed by atoms with E-state index in [-0.39, 0.29) is 5.95 Å². The number of aromatic amines is 1. The summed E-state index contributed by atoms with van der Waals surface area (Å²) in [4.78, 5) is 31.5. The van der Waals surface area contributed by atoms with Gasteiger partial charge in [-0.2, -0.15) is 0 Å². The number of piperazine rings is 1. The van der Waals surface area contributed by atoms with Gasteiger partial charge >= 0.3 is 0 Å². The first kappa shape index (κ1) is 15.9. The molecule has 3 aromatic rings. The molecule has 0 saturated carbocycles. The normalized spacial score (nSPS) is 15.3. The van der Waals surface area contributed by atoms with E-state index < -0.39 is 17.7 Å². The second-order valence-electron chi connectivity index (χ2n) is 5.61. The SMILES string of the molecule is O=c1cc(C(F)F)nc(N2CCN(c3ncnc4sccc34)CC2)[nH]1. The Bertz CT molecular complexity index is 950. The first-order chi connectivity index (χ1) is 12.1. The molecule has 7 nitrogen and oxygen atoms in total. The van der Waals surface area contributed by atoms with Gasteiger partial charge in [-0.3, -0.25) is 9.78 Å². The largest absolute Gasteiger partial charge is 0.352 e. The van der Waals surface area contributed by atoms with Gasteiger partial charge in [0, 0.05) is 32.2 Å². The van der Waals surface area contributed by atoms with Gasteiger partial charge in [0.05, 0.1) is 5.39 Å². The number of halogens is 2. The number of aromatic nitrogens is 4. The van der Waals surface area contributed by atoms with Crippen LogP contribution in [0.2, 0.25) is 0 Å². The summed E-state index contributed by atoms with van der Waals surface area (Å²) in [7, 11) is 0. The quantitative estimate of drug-likeness (QED) is 0.766. The minimum absolute atomic E-state index is 0.186. The van der Waals surface area contributed by atoms with Gasteiger partial charge < -0.3 is 9.80 Å². The van der Waals surface area contributed by atoms with E-state index in [0.29, 0.717) is 26.2 Å². The molecule has 0 aromatic carbocycles. The molecule has 25 heavy (non-hydrogen) atoms. The van der Waals surface area contributed by atoms with Crippen LogP contribution in [0.4, 0.5) is 20.5 Å². The lowest BCUT2D eigenvalue weighted by Crippen LogP contribution is -2.47. The van der Waals surface area contributed by atoms with Crippen molar-refractivity contribution in [2.75, 3.05) is 36.0 Å². The summed E-state index contributed by atoms with van der Waals surface area (Å²) < 4.78 is 25.7. The molecular weight excluding hydrogens is 350 g/mol. The van der Waals surface area contributed by atoms with Crippen molar-refractivity contribution in [1.82, 2.24) is 19.9 Å². The van der Waals surface area contributed by atoms with Gasteiger partial charge in [-0.15, -0.1) is 11.3 Å². The predicted molar refractivity (Wildman–Crippen MR) is 91.7 cm³/mol. The summed E-state index contributed by atoms with van der Waals surface area (Å²) in [5, 5.41) is 2.98. The van der Waals surface area contributed by atoms with Gasteiger partial charge in [-0.1, -0.05) is 0 Å². The summed E-state index contributed by atoms with van der Waals surface area (Å²) in [6.45, 7) is 2.38. The molecule has 3 aromatic heterocycles. The second-order valence-corrected chi connectivity index (χ2v) is 6.50. The molecule has 130 valence electrons. The van der Waals surface area contributed by atoms with Gasteiger partial charge in [-0.05, 0) is 11.4 Å². The molecule has 1 saturated heterocycles. The van der Waals surface area contributed by atoms with Gasteiger partial charge in [0.25, 0.3) is 12.0 Å². The van der Waals surface area contributed by atoms with Crippen molar-refractivity contribution in [3.05, 3.63) is 39.9 Å². The molecule has 4 heterocycles. The molecule has 10 heteroatoms. The number of alkyl halides is 2. The maximum atomic E-state index is 12.8. The van der Waals surface area contributed by atoms with E-state index in [2.05, 4.69) is 24.8 Å². The van der Waals surface area contributed by atoms with Crippen LogP contribution in [0.5, 0.6) is 0 Å². The van der Waals surface area contributed by atoms with E-state index in [1.807, 2.05) is 11.4 Å². The lowest BCUT2D eigenvalue weighted by atomic mass is 10.3. The van der Waals surface area contributed by atoms with Gasteiger partial charge in [0.15, 0.2) is 0 Å². The van der Waals surface area contributed by atoms with E-state index in [1.54, 1.807) is 22.6 Å². The topological polar surface area (TPSA) is 78.0 Å². The lowest BCUT2D eigenvalue weighted by Gasteiger charge is -2.35. The zero-order valence-corrected chi connectivity index (χ0v) is 13.8. The number of hydrogen-bond acceptors (Lipinski definition) is 7. The van der Waals surface area contributed by atoms with Crippen molar-refractivity contribution in [3.63, 3.8) is 0 Å². The number of H-pyrrole nitrogens is 1. The van der Waals surface area contributed by atoms with Crippen molar-refractivity contribution in [1.29, 1.82) is 0 Å². The smallest absolute Gasteiger partial charge is 0.280 e. The molecule has 1 aliphatic heterocycles. The summed E-state index contributed by atoms with van der Waals surface area (Å²) in [5.41, 5.74) is -1.07. The summed E-state index contributed by atoms with van der Waals surface area (Å²) in [6.07, 6.45) is -1.22. The zero-order chi connectivity index (χ0) is 17.4. The number of anilines is 2. The van der Waals surface area contributed by atoms with E-state index >= 15 is 0 Å². The van der Waals surface area contributed by atoms with Crippen molar-refractivity contribution < 1.29 is 8.78 Å². The molecular formula is C15H14F2N6OS. The van der Waals surface area contributed by atoms with Crippen molar-refractivity contribution in [3.8, 4) is 0 Å². The number of hydrogen-bond donors (Lipinski definition) is 1. The fourth-order valence-corrected chi connectivity index (χ4v) is 3.61. The van der Waals surface area contributed by atoms with Gasteiger partial charge in [-0.25, -0.2) is 23.7 Å². The molecule has 0 unspecified atom stereocenters. The van der Waals surface area contributed by atoms with Crippen LogP contribution in [-0.4, -0.2) is 46.1 Å². The van der Waals surface area contributed by atoms with Crippen molar-refractivity contribution in [2.45, 2.75) is 6.43 Å². The number of rotatable bonds is 3. The maximum Gasteiger partial charge on any atom is 0.280 e.